The van der Waals surface area contributed by atoms with Crippen molar-refractivity contribution in [2.75, 3.05) is 0 Å². The minimum atomic E-state index is -1.50. The molecule has 0 nitrogen and oxygen atoms in total. The monoisotopic (exact) mass is 318 g/mol. The third-order valence-corrected chi connectivity index (χ3v) is 3.86. The summed E-state index contributed by atoms with van der Waals surface area (Å²) in [5.41, 5.74) is 1.73. The van der Waals surface area contributed by atoms with Crippen molar-refractivity contribution in [3.8, 4) is 11.1 Å². The molecule has 0 unspecified atom stereocenters. The van der Waals surface area contributed by atoms with Crippen LogP contribution in [0.25, 0.3) is 21.9 Å². The molecule has 0 amide bonds. The van der Waals surface area contributed by atoms with E-state index in [1.807, 2.05) is 13.0 Å². The lowest BCUT2D eigenvalue weighted by Gasteiger charge is -2.08. The standard InChI is InChI=1S/C19H14F4/c1-2-3-11-4-6-14(16(20)8-11)12-5-7-15-13(9-12)10-17(21)19(23)18(15)22/h4-10H,2-3H2,1H3. The van der Waals surface area contributed by atoms with Crippen LogP contribution in [0, 0.1) is 23.3 Å². The molecule has 0 saturated carbocycles. The Morgan fingerprint density at radius 1 is 0.783 bits per heavy atom. The van der Waals surface area contributed by atoms with Gasteiger partial charge < -0.3 is 0 Å². The maximum atomic E-state index is 14.3. The van der Waals surface area contributed by atoms with Gasteiger partial charge in [0.25, 0.3) is 0 Å². The molecule has 0 N–H and O–H groups in total. The normalized spacial score (nSPS) is 11.2. The van der Waals surface area contributed by atoms with Crippen molar-refractivity contribution < 1.29 is 17.6 Å². The predicted molar refractivity (Wildman–Crippen MR) is 83.2 cm³/mol. The van der Waals surface area contributed by atoms with E-state index in [1.165, 1.54) is 24.3 Å². The lowest BCUT2D eigenvalue weighted by Crippen LogP contribution is -1.93. The number of hydrogen-bond donors (Lipinski definition) is 0. The van der Waals surface area contributed by atoms with Crippen LogP contribution in [0.4, 0.5) is 17.6 Å². The second-order valence-electron chi connectivity index (χ2n) is 5.49. The Kier molecular flexibility index (Phi) is 4.07. The highest BCUT2D eigenvalue weighted by atomic mass is 19.2. The van der Waals surface area contributed by atoms with Crippen LogP contribution in [-0.4, -0.2) is 0 Å². The second kappa shape index (κ2) is 6.03. The molecule has 0 aliphatic heterocycles. The smallest absolute Gasteiger partial charge is 0.195 e. The number of benzene rings is 3. The van der Waals surface area contributed by atoms with Gasteiger partial charge in [-0.3, -0.25) is 0 Å². The Hall–Kier alpha value is -2.36. The summed E-state index contributed by atoms with van der Waals surface area (Å²) in [5, 5.41) is 0.159. The Bertz CT molecular complexity index is 884. The Morgan fingerprint density at radius 3 is 2.26 bits per heavy atom. The van der Waals surface area contributed by atoms with Gasteiger partial charge in [-0.15, -0.1) is 0 Å². The van der Waals surface area contributed by atoms with Gasteiger partial charge in [0.15, 0.2) is 17.5 Å². The van der Waals surface area contributed by atoms with E-state index in [0.717, 1.165) is 24.5 Å². The van der Waals surface area contributed by atoms with Gasteiger partial charge in [-0.2, -0.15) is 0 Å². The van der Waals surface area contributed by atoms with Crippen molar-refractivity contribution in [3.05, 3.63) is 71.3 Å². The van der Waals surface area contributed by atoms with E-state index < -0.39 is 23.3 Å². The lowest BCUT2D eigenvalue weighted by atomic mass is 9.98. The fourth-order valence-corrected chi connectivity index (χ4v) is 2.71. The highest BCUT2D eigenvalue weighted by Crippen LogP contribution is 2.30. The molecule has 0 atom stereocenters. The number of fused-ring (bicyclic) bond motifs is 1. The molecule has 0 heterocycles. The van der Waals surface area contributed by atoms with Gasteiger partial charge in [0.2, 0.25) is 0 Å². The van der Waals surface area contributed by atoms with Crippen molar-refractivity contribution in [2.24, 2.45) is 0 Å². The highest BCUT2D eigenvalue weighted by Gasteiger charge is 2.14. The molecule has 0 radical (unpaired) electrons. The van der Waals surface area contributed by atoms with Gasteiger partial charge in [-0.1, -0.05) is 37.6 Å². The van der Waals surface area contributed by atoms with E-state index in [1.54, 1.807) is 6.07 Å². The molecule has 4 heteroatoms. The SMILES string of the molecule is CCCc1ccc(-c2ccc3c(F)c(F)c(F)cc3c2)c(F)c1. The minimum absolute atomic E-state index is 0.0318. The van der Waals surface area contributed by atoms with Gasteiger partial charge in [0, 0.05) is 10.9 Å². The molecule has 0 saturated heterocycles. The summed E-state index contributed by atoms with van der Waals surface area (Å²) in [6, 6.07) is 10.2. The van der Waals surface area contributed by atoms with Crippen LogP contribution in [-0.2, 0) is 6.42 Å². The first-order chi connectivity index (χ1) is 11.0. The van der Waals surface area contributed by atoms with Gasteiger partial charge >= 0.3 is 0 Å². The van der Waals surface area contributed by atoms with Crippen molar-refractivity contribution >= 4 is 10.8 Å². The molecule has 0 spiro atoms. The van der Waals surface area contributed by atoms with Gasteiger partial charge in [-0.05, 0) is 41.1 Å². The summed E-state index contributed by atoms with van der Waals surface area (Å²) in [6.45, 7) is 2.01. The Balaban J connectivity index is 2.12. The van der Waals surface area contributed by atoms with E-state index >= 15 is 0 Å². The average Bonchev–Trinajstić information content (AvgIpc) is 2.53. The summed E-state index contributed by atoms with van der Waals surface area (Å²) in [6.07, 6.45) is 1.70. The quantitative estimate of drug-likeness (QED) is 0.409. The van der Waals surface area contributed by atoms with Crippen molar-refractivity contribution in [1.29, 1.82) is 0 Å². The third-order valence-electron chi connectivity index (χ3n) is 3.86. The first-order valence-corrected chi connectivity index (χ1v) is 7.37. The highest BCUT2D eigenvalue weighted by molar-refractivity contribution is 5.88. The zero-order chi connectivity index (χ0) is 16.6. The summed E-state index contributed by atoms with van der Waals surface area (Å²) < 4.78 is 54.6. The van der Waals surface area contributed by atoms with Crippen molar-refractivity contribution in [3.63, 3.8) is 0 Å². The third kappa shape index (κ3) is 2.81. The Labute approximate surface area is 131 Å². The van der Waals surface area contributed by atoms with Crippen LogP contribution in [0.3, 0.4) is 0 Å². The van der Waals surface area contributed by atoms with Crippen molar-refractivity contribution in [1.82, 2.24) is 0 Å². The zero-order valence-corrected chi connectivity index (χ0v) is 12.5. The molecule has 0 fully saturated rings. The number of rotatable bonds is 3. The van der Waals surface area contributed by atoms with Crippen LogP contribution >= 0.6 is 0 Å². The number of hydrogen-bond acceptors (Lipinski definition) is 0. The van der Waals surface area contributed by atoms with Crippen molar-refractivity contribution in [2.45, 2.75) is 19.8 Å². The molecule has 0 aliphatic carbocycles. The first-order valence-electron chi connectivity index (χ1n) is 7.37. The van der Waals surface area contributed by atoms with Crippen LogP contribution in [0.1, 0.15) is 18.9 Å². The van der Waals surface area contributed by atoms with Crippen LogP contribution in [0.15, 0.2) is 42.5 Å². The molecular weight excluding hydrogens is 304 g/mol. The average molecular weight is 318 g/mol. The van der Waals surface area contributed by atoms with E-state index in [2.05, 4.69) is 0 Å². The fraction of sp³-hybridized carbons (Fsp3) is 0.158. The van der Waals surface area contributed by atoms with Crippen LogP contribution < -0.4 is 0 Å². The second-order valence-corrected chi connectivity index (χ2v) is 5.49. The van der Waals surface area contributed by atoms with Gasteiger partial charge in [0.05, 0.1) is 0 Å². The molecule has 0 aliphatic rings. The molecule has 23 heavy (non-hydrogen) atoms. The topological polar surface area (TPSA) is 0 Å². The van der Waals surface area contributed by atoms with E-state index in [-0.39, 0.29) is 10.8 Å². The summed E-state index contributed by atoms with van der Waals surface area (Å²) >= 11 is 0. The maximum Gasteiger partial charge on any atom is 0.195 e. The molecule has 0 bridgehead atoms. The lowest BCUT2D eigenvalue weighted by molar-refractivity contribution is 0.453. The molecule has 3 aromatic rings. The minimum Gasteiger partial charge on any atom is -0.206 e. The summed E-state index contributed by atoms with van der Waals surface area (Å²) in [7, 11) is 0. The van der Waals surface area contributed by atoms with Gasteiger partial charge in [0.1, 0.15) is 5.82 Å². The zero-order valence-electron chi connectivity index (χ0n) is 12.5. The van der Waals surface area contributed by atoms with E-state index in [0.29, 0.717) is 11.1 Å². The molecule has 3 rings (SSSR count). The first kappa shape index (κ1) is 15.5. The summed E-state index contributed by atoms with van der Waals surface area (Å²) in [4.78, 5) is 0. The van der Waals surface area contributed by atoms with E-state index in [4.69, 9.17) is 0 Å². The van der Waals surface area contributed by atoms with Crippen LogP contribution in [0.2, 0.25) is 0 Å². The fourth-order valence-electron chi connectivity index (χ4n) is 2.71. The van der Waals surface area contributed by atoms with Gasteiger partial charge in [-0.25, -0.2) is 17.6 Å². The summed E-state index contributed by atoms with van der Waals surface area (Å²) in [5.74, 6) is -4.38. The number of aryl methyl sites for hydroxylation is 1. The molecule has 3 aromatic carbocycles. The molecular formula is C19H14F4. The molecule has 118 valence electrons. The number of halogens is 4. The van der Waals surface area contributed by atoms with Crippen LogP contribution in [0.5, 0.6) is 0 Å². The predicted octanol–water partition coefficient (Wildman–Crippen LogP) is 6.02. The maximum absolute atomic E-state index is 14.3. The van der Waals surface area contributed by atoms with E-state index in [9.17, 15) is 17.6 Å². The molecule has 0 aromatic heterocycles. The largest absolute Gasteiger partial charge is 0.206 e. The Morgan fingerprint density at radius 2 is 1.57 bits per heavy atom.